The summed E-state index contributed by atoms with van der Waals surface area (Å²) in [6, 6.07) is 19.1. The van der Waals surface area contributed by atoms with E-state index in [2.05, 4.69) is 9.97 Å². The van der Waals surface area contributed by atoms with Crippen LogP contribution in [0.4, 0.5) is 4.79 Å². The number of benzene rings is 2. The summed E-state index contributed by atoms with van der Waals surface area (Å²) in [4.78, 5) is 20.7. The fraction of sp³-hybridized carbons (Fsp3) is 0.158. The van der Waals surface area contributed by atoms with Crippen LogP contribution in [0.2, 0.25) is 0 Å². The van der Waals surface area contributed by atoms with Gasteiger partial charge in [0.1, 0.15) is 5.82 Å². The summed E-state index contributed by atoms with van der Waals surface area (Å²) < 4.78 is 0. The minimum Gasteiger partial charge on any atom is -0.465 e. The van der Waals surface area contributed by atoms with Gasteiger partial charge in [-0.05, 0) is 11.1 Å². The van der Waals surface area contributed by atoms with E-state index in [0.29, 0.717) is 18.8 Å². The Morgan fingerprint density at radius 2 is 1.67 bits per heavy atom. The molecule has 0 radical (unpaired) electrons. The van der Waals surface area contributed by atoms with Crippen LogP contribution >= 0.6 is 0 Å². The number of aromatic nitrogens is 2. The van der Waals surface area contributed by atoms with Crippen molar-refractivity contribution < 1.29 is 9.90 Å². The summed E-state index contributed by atoms with van der Waals surface area (Å²) in [6.07, 6.45) is 2.97. The second-order valence-corrected chi connectivity index (χ2v) is 5.58. The first-order valence-corrected chi connectivity index (χ1v) is 7.80. The Bertz CT molecular complexity index is 758. The second kappa shape index (κ2) is 7.46. The third kappa shape index (κ3) is 3.81. The molecule has 1 atom stereocenters. The number of aromatic amines is 1. The summed E-state index contributed by atoms with van der Waals surface area (Å²) in [5, 5.41) is 9.77. The van der Waals surface area contributed by atoms with Gasteiger partial charge in [-0.2, -0.15) is 0 Å². The highest BCUT2D eigenvalue weighted by atomic mass is 16.4. The lowest BCUT2D eigenvalue weighted by atomic mass is 10.0. The summed E-state index contributed by atoms with van der Waals surface area (Å²) in [5.41, 5.74) is 2.02. The molecular weight excluding hydrogens is 302 g/mol. The molecule has 2 aromatic carbocycles. The van der Waals surface area contributed by atoms with Crippen molar-refractivity contribution in [2.24, 2.45) is 0 Å². The molecule has 0 aliphatic rings. The minimum atomic E-state index is -0.962. The van der Waals surface area contributed by atoms with Gasteiger partial charge >= 0.3 is 6.09 Å². The van der Waals surface area contributed by atoms with E-state index in [1.54, 1.807) is 12.4 Å². The number of rotatable bonds is 6. The first-order valence-electron chi connectivity index (χ1n) is 7.80. The largest absolute Gasteiger partial charge is 0.465 e. The van der Waals surface area contributed by atoms with Crippen molar-refractivity contribution in [1.29, 1.82) is 0 Å². The van der Waals surface area contributed by atoms with Crippen LogP contribution in [0.15, 0.2) is 73.1 Å². The quantitative estimate of drug-likeness (QED) is 0.724. The van der Waals surface area contributed by atoms with E-state index in [9.17, 15) is 9.90 Å². The second-order valence-electron chi connectivity index (χ2n) is 5.58. The highest BCUT2D eigenvalue weighted by Crippen LogP contribution is 2.24. The maximum atomic E-state index is 11.9. The number of carbonyl (C=O) groups is 1. The normalized spacial score (nSPS) is 11.8. The van der Waals surface area contributed by atoms with E-state index >= 15 is 0 Å². The first-order chi connectivity index (χ1) is 11.7. The Kier molecular flexibility index (Phi) is 4.91. The molecule has 0 aliphatic carbocycles. The summed E-state index contributed by atoms with van der Waals surface area (Å²) >= 11 is 0. The molecular formula is C19H19N3O2. The van der Waals surface area contributed by atoms with Gasteiger partial charge in [0.2, 0.25) is 0 Å². The van der Waals surface area contributed by atoms with Crippen molar-refractivity contribution in [2.45, 2.75) is 19.0 Å². The van der Waals surface area contributed by atoms with Gasteiger partial charge in [-0.15, -0.1) is 0 Å². The molecule has 3 rings (SSSR count). The zero-order chi connectivity index (χ0) is 16.8. The number of nitrogens with zero attached hydrogens (tertiary/aromatic N) is 2. The number of amides is 1. The Balaban J connectivity index is 1.90. The Morgan fingerprint density at radius 3 is 2.21 bits per heavy atom. The number of imidazole rings is 1. The van der Waals surface area contributed by atoms with Crippen LogP contribution in [-0.4, -0.2) is 26.1 Å². The van der Waals surface area contributed by atoms with Crippen LogP contribution in [0.3, 0.4) is 0 Å². The van der Waals surface area contributed by atoms with Crippen LogP contribution in [0.25, 0.3) is 0 Å². The standard InChI is InChI=1S/C19H19N3O2/c23-19(24)22(14-16-9-5-2-6-10-16)17(18-20-11-12-21-18)13-15-7-3-1-4-8-15/h1-12,17H,13-14H2,(H,20,21)(H,23,24)/t17-/m1/s1. The zero-order valence-corrected chi connectivity index (χ0v) is 13.2. The molecule has 1 aromatic heterocycles. The Labute approximate surface area is 140 Å². The fourth-order valence-electron chi connectivity index (χ4n) is 2.74. The topological polar surface area (TPSA) is 69.2 Å². The van der Waals surface area contributed by atoms with E-state index < -0.39 is 6.09 Å². The maximum absolute atomic E-state index is 11.9. The van der Waals surface area contributed by atoms with Crippen molar-refractivity contribution >= 4 is 6.09 Å². The van der Waals surface area contributed by atoms with E-state index in [4.69, 9.17) is 0 Å². The maximum Gasteiger partial charge on any atom is 0.408 e. The van der Waals surface area contributed by atoms with Gasteiger partial charge < -0.3 is 10.1 Å². The van der Waals surface area contributed by atoms with Gasteiger partial charge in [-0.1, -0.05) is 60.7 Å². The van der Waals surface area contributed by atoms with Crippen molar-refractivity contribution in [3.8, 4) is 0 Å². The fourth-order valence-corrected chi connectivity index (χ4v) is 2.74. The molecule has 24 heavy (non-hydrogen) atoms. The highest BCUT2D eigenvalue weighted by molar-refractivity contribution is 5.65. The van der Waals surface area contributed by atoms with E-state index in [1.165, 1.54) is 4.90 Å². The number of H-pyrrole nitrogens is 1. The monoisotopic (exact) mass is 321 g/mol. The Morgan fingerprint density at radius 1 is 1.04 bits per heavy atom. The molecule has 3 aromatic rings. The van der Waals surface area contributed by atoms with E-state index in [0.717, 1.165) is 11.1 Å². The molecule has 0 bridgehead atoms. The molecule has 0 saturated carbocycles. The van der Waals surface area contributed by atoms with Crippen molar-refractivity contribution in [1.82, 2.24) is 14.9 Å². The van der Waals surface area contributed by atoms with Crippen LogP contribution in [0.5, 0.6) is 0 Å². The minimum absolute atomic E-state index is 0.314. The van der Waals surface area contributed by atoms with E-state index in [1.807, 2.05) is 60.7 Å². The van der Waals surface area contributed by atoms with Gasteiger partial charge in [-0.3, -0.25) is 4.90 Å². The molecule has 5 heteroatoms. The van der Waals surface area contributed by atoms with Crippen molar-refractivity contribution in [3.63, 3.8) is 0 Å². The number of nitrogens with one attached hydrogen (secondary N) is 1. The predicted octanol–water partition coefficient (Wildman–Crippen LogP) is 3.87. The van der Waals surface area contributed by atoms with Crippen LogP contribution in [-0.2, 0) is 13.0 Å². The molecule has 0 unspecified atom stereocenters. The third-order valence-corrected chi connectivity index (χ3v) is 3.92. The molecule has 2 N–H and O–H groups in total. The predicted molar refractivity (Wildman–Crippen MR) is 91.5 cm³/mol. The van der Waals surface area contributed by atoms with Gasteiger partial charge in [-0.25, -0.2) is 9.78 Å². The lowest BCUT2D eigenvalue weighted by Crippen LogP contribution is -2.35. The number of carboxylic acid groups (broad SMARTS) is 1. The van der Waals surface area contributed by atoms with Crippen LogP contribution in [0, 0.1) is 0 Å². The average molecular weight is 321 g/mol. The molecule has 0 fully saturated rings. The molecule has 0 spiro atoms. The summed E-state index contributed by atoms with van der Waals surface area (Å²) in [6.45, 7) is 0.314. The van der Waals surface area contributed by atoms with Crippen LogP contribution < -0.4 is 0 Å². The summed E-state index contributed by atoms with van der Waals surface area (Å²) in [5.74, 6) is 0.650. The van der Waals surface area contributed by atoms with Crippen molar-refractivity contribution in [3.05, 3.63) is 90.0 Å². The molecule has 0 saturated heterocycles. The van der Waals surface area contributed by atoms with Crippen LogP contribution in [0.1, 0.15) is 23.0 Å². The first kappa shape index (κ1) is 15.8. The van der Waals surface area contributed by atoms with E-state index in [-0.39, 0.29) is 6.04 Å². The van der Waals surface area contributed by atoms with Crippen molar-refractivity contribution in [2.75, 3.05) is 0 Å². The van der Waals surface area contributed by atoms with Gasteiger partial charge in [0, 0.05) is 25.4 Å². The molecule has 5 nitrogen and oxygen atoms in total. The molecule has 1 heterocycles. The number of hydrogen-bond donors (Lipinski definition) is 2. The number of hydrogen-bond acceptors (Lipinski definition) is 2. The average Bonchev–Trinajstić information content (AvgIpc) is 3.14. The van der Waals surface area contributed by atoms with Gasteiger partial charge in [0.25, 0.3) is 0 Å². The molecule has 122 valence electrons. The summed E-state index contributed by atoms with van der Waals surface area (Å²) in [7, 11) is 0. The highest BCUT2D eigenvalue weighted by Gasteiger charge is 2.27. The SMILES string of the molecule is O=C(O)N(Cc1ccccc1)[C@H](Cc1ccccc1)c1ncc[nH]1. The van der Waals surface area contributed by atoms with Gasteiger partial charge in [0.05, 0.1) is 6.04 Å². The van der Waals surface area contributed by atoms with Gasteiger partial charge in [0.15, 0.2) is 0 Å². The molecule has 1 amide bonds. The lowest BCUT2D eigenvalue weighted by Gasteiger charge is -2.28. The smallest absolute Gasteiger partial charge is 0.408 e. The zero-order valence-electron chi connectivity index (χ0n) is 13.2. The lowest BCUT2D eigenvalue weighted by molar-refractivity contribution is 0.117. The molecule has 0 aliphatic heterocycles. The Hall–Kier alpha value is -3.08. The third-order valence-electron chi connectivity index (χ3n) is 3.92.